The van der Waals surface area contributed by atoms with E-state index in [0.29, 0.717) is 24.3 Å². The molecule has 0 aliphatic carbocycles. The van der Waals surface area contributed by atoms with Crippen LogP contribution in [0.25, 0.3) is 0 Å². The molecule has 0 spiro atoms. The van der Waals surface area contributed by atoms with E-state index in [1.54, 1.807) is 0 Å². The Kier molecular flexibility index (Phi) is 5.04. The van der Waals surface area contributed by atoms with Crippen molar-refractivity contribution in [3.63, 3.8) is 0 Å². The van der Waals surface area contributed by atoms with Gasteiger partial charge in [-0.25, -0.2) is 36.7 Å². The van der Waals surface area contributed by atoms with Crippen LogP contribution in [-0.4, -0.2) is 30.1 Å². The van der Waals surface area contributed by atoms with Crippen molar-refractivity contribution in [3.05, 3.63) is 105 Å². The molecule has 13 heteroatoms. The van der Waals surface area contributed by atoms with E-state index in [-0.39, 0.29) is 18.2 Å². The lowest BCUT2D eigenvalue weighted by atomic mass is 9.67. The quantitative estimate of drug-likeness (QED) is 0.213. The van der Waals surface area contributed by atoms with Crippen molar-refractivity contribution in [1.82, 2.24) is 0 Å². The number of alkyl halides is 3. The molecule has 188 valence electrons. The normalized spacial score (nSPS) is 15.0. The summed E-state index contributed by atoms with van der Waals surface area (Å²) in [6.45, 7) is 0. The van der Waals surface area contributed by atoms with Gasteiger partial charge in [0.05, 0.1) is 11.1 Å². The molecule has 0 radical (unpaired) electrons. The summed E-state index contributed by atoms with van der Waals surface area (Å²) < 4.78 is 113. The molecule has 3 aromatic carbocycles. The zero-order valence-electron chi connectivity index (χ0n) is 17.6. The van der Waals surface area contributed by atoms with Gasteiger partial charge in [0.1, 0.15) is 39.8 Å². The first-order valence-electron chi connectivity index (χ1n) is 10.0. The third-order valence-electron chi connectivity index (χ3n) is 6.03. The van der Waals surface area contributed by atoms with Crippen LogP contribution in [0, 0.1) is 23.3 Å². The molecule has 3 aromatic rings. The fourth-order valence-corrected chi connectivity index (χ4v) is 4.51. The standard InChI is InChI=1S/C24H7F7O6/c25-10-1-2-13(14(26)7-10)23(24(29,30)31,8-3-11-17(15(27)5-8)21(34)36-19(11)32)9-4-12-18(16(28)6-9)22(35)37-20(12)33/h1-7H. The van der Waals surface area contributed by atoms with E-state index < -0.39 is 97.7 Å². The first-order chi connectivity index (χ1) is 17.3. The zero-order chi connectivity index (χ0) is 27.0. The molecule has 6 nitrogen and oxygen atoms in total. The number of cyclic esters (lactones) is 4. The van der Waals surface area contributed by atoms with Crippen LogP contribution in [0.1, 0.15) is 58.1 Å². The van der Waals surface area contributed by atoms with Crippen LogP contribution in [0.15, 0.2) is 42.5 Å². The summed E-state index contributed by atoms with van der Waals surface area (Å²) in [4.78, 5) is 47.7. The fourth-order valence-electron chi connectivity index (χ4n) is 4.51. The number of benzene rings is 3. The van der Waals surface area contributed by atoms with Gasteiger partial charge in [0, 0.05) is 11.6 Å². The lowest BCUT2D eigenvalue weighted by Gasteiger charge is -2.38. The number of ether oxygens (including phenoxy) is 2. The maximum Gasteiger partial charge on any atom is 0.406 e. The summed E-state index contributed by atoms with van der Waals surface area (Å²) in [5.41, 5.74) is -11.6. The van der Waals surface area contributed by atoms with Gasteiger partial charge in [0.2, 0.25) is 0 Å². The van der Waals surface area contributed by atoms with Gasteiger partial charge in [0.25, 0.3) is 0 Å². The lowest BCUT2D eigenvalue weighted by Crippen LogP contribution is -2.46. The van der Waals surface area contributed by atoms with Gasteiger partial charge >= 0.3 is 30.1 Å². The second-order valence-corrected chi connectivity index (χ2v) is 7.99. The maximum absolute atomic E-state index is 15.2. The van der Waals surface area contributed by atoms with Crippen LogP contribution in [0.3, 0.4) is 0 Å². The maximum atomic E-state index is 15.2. The molecule has 2 aliphatic heterocycles. The van der Waals surface area contributed by atoms with Gasteiger partial charge in [-0.1, -0.05) is 6.07 Å². The van der Waals surface area contributed by atoms with E-state index in [1.807, 2.05) is 0 Å². The first kappa shape index (κ1) is 24.2. The summed E-state index contributed by atoms with van der Waals surface area (Å²) in [5.74, 6) is -12.4. The van der Waals surface area contributed by atoms with Crippen molar-refractivity contribution >= 4 is 23.9 Å². The van der Waals surface area contributed by atoms with Crippen molar-refractivity contribution < 1.29 is 59.4 Å². The Morgan fingerprint density at radius 1 is 0.568 bits per heavy atom. The van der Waals surface area contributed by atoms with Crippen LogP contribution in [0.2, 0.25) is 0 Å². The second kappa shape index (κ2) is 7.72. The molecule has 0 saturated carbocycles. The summed E-state index contributed by atoms with van der Waals surface area (Å²) >= 11 is 0. The Bertz CT molecular complexity index is 1510. The number of esters is 4. The predicted molar refractivity (Wildman–Crippen MR) is 105 cm³/mol. The molecule has 37 heavy (non-hydrogen) atoms. The third-order valence-corrected chi connectivity index (χ3v) is 6.03. The Morgan fingerprint density at radius 3 is 1.43 bits per heavy atom. The molecule has 0 unspecified atom stereocenters. The number of fused-ring (bicyclic) bond motifs is 2. The minimum absolute atomic E-state index is 0.0822. The van der Waals surface area contributed by atoms with E-state index in [0.717, 1.165) is 0 Å². The summed E-state index contributed by atoms with van der Waals surface area (Å²) in [5, 5.41) is 0. The molecule has 0 atom stereocenters. The van der Waals surface area contributed by atoms with Crippen LogP contribution >= 0.6 is 0 Å². The molecule has 0 fully saturated rings. The molecule has 2 heterocycles. The highest BCUT2D eigenvalue weighted by Crippen LogP contribution is 2.53. The van der Waals surface area contributed by atoms with E-state index in [1.165, 1.54) is 0 Å². The molecular weight excluding hydrogens is 517 g/mol. The van der Waals surface area contributed by atoms with Gasteiger partial charge < -0.3 is 9.47 Å². The number of hydrogen-bond donors (Lipinski definition) is 0. The van der Waals surface area contributed by atoms with Gasteiger partial charge in [-0.2, -0.15) is 13.2 Å². The summed E-state index contributed by atoms with van der Waals surface area (Å²) in [6, 6.07) is 2.00. The van der Waals surface area contributed by atoms with Gasteiger partial charge in [-0.3, -0.25) is 0 Å². The Balaban J connectivity index is 1.96. The zero-order valence-corrected chi connectivity index (χ0v) is 17.6. The largest absolute Gasteiger partial charge is 0.406 e. The van der Waals surface area contributed by atoms with Crippen molar-refractivity contribution in [3.8, 4) is 0 Å². The molecule has 0 N–H and O–H groups in total. The topological polar surface area (TPSA) is 86.7 Å². The summed E-state index contributed by atoms with van der Waals surface area (Å²) in [7, 11) is 0. The highest BCUT2D eigenvalue weighted by atomic mass is 19.4. The SMILES string of the molecule is O=C1OC(=O)c2c(F)cc(C(c3cc(F)c4c(c3)C(=O)OC4=O)(c3ccc(F)cc3F)C(F)(F)F)cc21. The summed E-state index contributed by atoms with van der Waals surface area (Å²) in [6.07, 6.45) is -5.70. The molecule has 0 aromatic heterocycles. The van der Waals surface area contributed by atoms with Crippen molar-refractivity contribution in [1.29, 1.82) is 0 Å². The fraction of sp³-hybridized carbons (Fsp3) is 0.0833. The highest BCUT2D eigenvalue weighted by Gasteiger charge is 2.61. The van der Waals surface area contributed by atoms with Gasteiger partial charge in [-0.15, -0.1) is 0 Å². The van der Waals surface area contributed by atoms with Crippen LogP contribution in [0.4, 0.5) is 30.7 Å². The minimum atomic E-state index is -5.70. The smallest absolute Gasteiger partial charge is 0.386 e. The van der Waals surface area contributed by atoms with Gasteiger partial charge in [0.15, 0.2) is 0 Å². The monoisotopic (exact) mass is 524 g/mol. The molecule has 0 saturated heterocycles. The number of carbonyl (C=O) groups is 4. The second-order valence-electron chi connectivity index (χ2n) is 7.99. The number of rotatable bonds is 3. The van der Waals surface area contributed by atoms with E-state index >= 15 is 17.6 Å². The highest BCUT2D eigenvalue weighted by molar-refractivity contribution is 6.15. The Hall–Kier alpha value is -4.55. The molecular formula is C24H7F7O6. The van der Waals surface area contributed by atoms with Crippen LogP contribution in [0.5, 0.6) is 0 Å². The van der Waals surface area contributed by atoms with E-state index in [2.05, 4.69) is 9.47 Å². The molecule has 2 aliphatic rings. The van der Waals surface area contributed by atoms with E-state index in [9.17, 15) is 32.3 Å². The van der Waals surface area contributed by atoms with Gasteiger partial charge in [-0.05, 0) is 41.5 Å². The lowest BCUT2D eigenvalue weighted by molar-refractivity contribution is -0.167. The average molecular weight is 524 g/mol. The van der Waals surface area contributed by atoms with Crippen LogP contribution < -0.4 is 0 Å². The van der Waals surface area contributed by atoms with Crippen molar-refractivity contribution in [2.75, 3.05) is 0 Å². The number of hydrogen-bond acceptors (Lipinski definition) is 6. The number of carbonyl (C=O) groups excluding carboxylic acids is 4. The third kappa shape index (κ3) is 3.26. The minimum Gasteiger partial charge on any atom is -0.386 e. The van der Waals surface area contributed by atoms with Crippen molar-refractivity contribution in [2.24, 2.45) is 0 Å². The molecule has 0 amide bonds. The predicted octanol–water partition coefficient (Wildman–Crippen LogP) is 4.76. The van der Waals surface area contributed by atoms with E-state index in [4.69, 9.17) is 0 Å². The average Bonchev–Trinajstić information content (AvgIpc) is 3.24. The first-order valence-corrected chi connectivity index (χ1v) is 10.0. The van der Waals surface area contributed by atoms with Crippen molar-refractivity contribution in [2.45, 2.75) is 11.6 Å². The molecule has 0 bridgehead atoms. The Morgan fingerprint density at radius 2 is 1.03 bits per heavy atom. The number of halogens is 7. The Labute approximate surface area is 200 Å². The van der Waals surface area contributed by atoms with Crippen LogP contribution in [-0.2, 0) is 14.9 Å². The molecule has 5 rings (SSSR count).